The average Bonchev–Trinajstić information content (AvgIpc) is 3.09. The quantitative estimate of drug-likeness (QED) is 0.461. The minimum Gasteiger partial charge on any atom is -0.497 e. The zero-order valence-corrected chi connectivity index (χ0v) is 21.1. The summed E-state index contributed by atoms with van der Waals surface area (Å²) in [5, 5.41) is 3.94. The molecular weight excluding hydrogens is 462 g/mol. The maximum Gasteiger partial charge on any atom is 0.255 e. The highest BCUT2D eigenvalue weighted by Gasteiger charge is 2.52. The van der Waals surface area contributed by atoms with Gasteiger partial charge in [0.1, 0.15) is 23.7 Å². The number of carbonyl (C=O) groups is 1. The van der Waals surface area contributed by atoms with E-state index in [0.29, 0.717) is 23.2 Å². The molecule has 8 heteroatoms. The molecule has 3 N–H and O–H groups in total. The fourth-order valence-electron chi connectivity index (χ4n) is 5.57. The van der Waals surface area contributed by atoms with Gasteiger partial charge in [0, 0.05) is 23.2 Å². The average molecular weight is 492 g/mol. The first-order valence-electron chi connectivity index (χ1n) is 12.0. The van der Waals surface area contributed by atoms with E-state index in [1.165, 1.54) is 6.33 Å². The molecule has 2 aromatic carbocycles. The Morgan fingerprint density at radius 1 is 1.14 bits per heavy atom. The van der Waals surface area contributed by atoms with Gasteiger partial charge in [-0.15, -0.1) is 0 Å². The van der Waals surface area contributed by atoms with Gasteiger partial charge in [0.05, 0.1) is 23.4 Å². The standard InChI is InChI=1S/C27H30ClN5O2/c1-16-13-20(32-25-17(2)24(29)30-15-31-25)23(28)22-21(16)26(34)33(27(22)11-5-4-6-12-27)14-18-7-9-19(35-3)10-8-18/h7-10,13,15H,4-6,11-12,14H2,1-3H3,(H3,29,30,31,32). The number of carbonyl (C=O) groups excluding carboxylic acids is 1. The van der Waals surface area contributed by atoms with Crippen LogP contribution in [-0.2, 0) is 12.1 Å². The van der Waals surface area contributed by atoms with Crippen molar-refractivity contribution in [3.63, 3.8) is 0 Å². The van der Waals surface area contributed by atoms with Crippen molar-refractivity contribution in [3.05, 3.63) is 69.5 Å². The number of aromatic nitrogens is 2. The molecule has 182 valence electrons. The summed E-state index contributed by atoms with van der Waals surface area (Å²) in [5.41, 5.74) is 10.7. The number of amides is 1. The molecule has 0 bridgehead atoms. The molecule has 0 atom stereocenters. The minimum atomic E-state index is -0.427. The molecule has 2 heterocycles. The number of halogens is 1. The molecule has 35 heavy (non-hydrogen) atoms. The van der Waals surface area contributed by atoms with E-state index in [4.69, 9.17) is 22.1 Å². The van der Waals surface area contributed by atoms with Crippen molar-refractivity contribution in [1.29, 1.82) is 0 Å². The van der Waals surface area contributed by atoms with Gasteiger partial charge in [0.25, 0.3) is 5.91 Å². The monoisotopic (exact) mass is 491 g/mol. The molecule has 1 aliphatic carbocycles. The van der Waals surface area contributed by atoms with E-state index in [9.17, 15) is 4.79 Å². The molecule has 3 aromatic rings. The van der Waals surface area contributed by atoms with Crippen molar-refractivity contribution < 1.29 is 9.53 Å². The fraction of sp³-hybridized carbons (Fsp3) is 0.370. The van der Waals surface area contributed by atoms with Crippen molar-refractivity contribution in [1.82, 2.24) is 14.9 Å². The highest BCUT2D eigenvalue weighted by Crippen LogP contribution is 2.54. The predicted molar refractivity (Wildman–Crippen MR) is 138 cm³/mol. The zero-order valence-electron chi connectivity index (χ0n) is 20.3. The Bertz CT molecular complexity index is 1290. The van der Waals surface area contributed by atoms with Crippen LogP contribution in [0.15, 0.2) is 36.7 Å². The van der Waals surface area contributed by atoms with E-state index in [2.05, 4.69) is 20.2 Å². The van der Waals surface area contributed by atoms with Crippen LogP contribution in [0.5, 0.6) is 5.75 Å². The van der Waals surface area contributed by atoms with Crippen molar-refractivity contribution in [2.24, 2.45) is 0 Å². The van der Waals surface area contributed by atoms with E-state index in [0.717, 1.165) is 71.4 Å². The molecule has 1 aliphatic heterocycles. The summed E-state index contributed by atoms with van der Waals surface area (Å²) < 4.78 is 5.31. The topological polar surface area (TPSA) is 93.4 Å². The summed E-state index contributed by atoms with van der Waals surface area (Å²) in [6, 6.07) is 9.86. The van der Waals surface area contributed by atoms with Gasteiger partial charge in [0.15, 0.2) is 0 Å². The third kappa shape index (κ3) is 3.88. The van der Waals surface area contributed by atoms with Crippen LogP contribution in [0.2, 0.25) is 5.02 Å². The van der Waals surface area contributed by atoms with Crippen molar-refractivity contribution >= 4 is 34.8 Å². The lowest BCUT2D eigenvalue weighted by Crippen LogP contribution is -2.44. The Morgan fingerprint density at radius 2 is 1.86 bits per heavy atom. The van der Waals surface area contributed by atoms with E-state index in [-0.39, 0.29) is 5.91 Å². The zero-order chi connectivity index (χ0) is 24.7. The second kappa shape index (κ2) is 9.04. The number of rotatable bonds is 5. The van der Waals surface area contributed by atoms with Gasteiger partial charge in [0.2, 0.25) is 0 Å². The number of hydrogen-bond donors (Lipinski definition) is 2. The maximum atomic E-state index is 13.9. The number of nitrogens with one attached hydrogen (secondary N) is 1. The van der Waals surface area contributed by atoms with Gasteiger partial charge in [-0.1, -0.05) is 43.0 Å². The number of nitrogens with two attached hydrogens (primary N) is 1. The van der Waals surface area contributed by atoms with Gasteiger partial charge < -0.3 is 20.7 Å². The van der Waals surface area contributed by atoms with Crippen LogP contribution in [0.3, 0.4) is 0 Å². The first kappa shape index (κ1) is 23.4. The minimum absolute atomic E-state index is 0.0473. The molecular formula is C27H30ClN5O2. The molecule has 1 amide bonds. The first-order chi connectivity index (χ1) is 16.9. The van der Waals surface area contributed by atoms with Gasteiger partial charge in [-0.05, 0) is 56.0 Å². The molecule has 1 spiro atoms. The van der Waals surface area contributed by atoms with Gasteiger partial charge in [-0.25, -0.2) is 9.97 Å². The molecule has 0 saturated heterocycles. The molecule has 1 aromatic heterocycles. The van der Waals surface area contributed by atoms with Crippen LogP contribution >= 0.6 is 11.6 Å². The molecule has 1 saturated carbocycles. The van der Waals surface area contributed by atoms with Gasteiger partial charge >= 0.3 is 0 Å². The highest BCUT2D eigenvalue weighted by molar-refractivity contribution is 6.35. The maximum absolute atomic E-state index is 13.9. The van der Waals surface area contributed by atoms with Crippen LogP contribution in [0.4, 0.5) is 17.3 Å². The Kier molecular flexibility index (Phi) is 6.05. The molecule has 0 unspecified atom stereocenters. The summed E-state index contributed by atoms with van der Waals surface area (Å²) >= 11 is 7.13. The normalized spacial score (nSPS) is 16.5. The van der Waals surface area contributed by atoms with E-state index >= 15 is 0 Å². The Labute approximate surface area is 210 Å². The second-order valence-corrected chi connectivity index (χ2v) is 9.87. The second-order valence-electron chi connectivity index (χ2n) is 9.49. The number of benzene rings is 2. The van der Waals surface area contributed by atoms with Gasteiger partial charge in [-0.3, -0.25) is 4.79 Å². The molecule has 2 aliphatic rings. The predicted octanol–water partition coefficient (Wildman–Crippen LogP) is 5.90. The van der Waals surface area contributed by atoms with E-state index < -0.39 is 5.54 Å². The van der Waals surface area contributed by atoms with Crippen molar-refractivity contribution in [3.8, 4) is 5.75 Å². The number of nitrogens with zero attached hydrogens (tertiary/aromatic N) is 3. The lowest BCUT2D eigenvalue weighted by atomic mass is 9.75. The summed E-state index contributed by atoms with van der Waals surface area (Å²) in [4.78, 5) is 24.4. The van der Waals surface area contributed by atoms with Crippen molar-refractivity contribution in [2.75, 3.05) is 18.2 Å². The number of fused-ring (bicyclic) bond motifs is 2. The molecule has 5 rings (SSSR count). The number of aryl methyl sites for hydroxylation is 1. The highest BCUT2D eigenvalue weighted by atomic mass is 35.5. The molecule has 0 radical (unpaired) electrons. The molecule has 1 fully saturated rings. The SMILES string of the molecule is COc1ccc(CN2C(=O)c3c(C)cc(Nc4ncnc(N)c4C)c(Cl)c3C23CCCCC3)cc1. The lowest BCUT2D eigenvalue weighted by Gasteiger charge is -2.43. The number of anilines is 3. The third-order valence-corrected chi connectivity index (χ3v) is 7.85. The van der Waals surface area contributed by atoms with E-state index in [1.54, 1.807) is 7.11 Å². The Balaban J connectivity index is 1.60. The van der Waals surface area contributed by atoms with Crippen molar-refractivity contribution in [2.45, 2.75) is 58.0 Å². The Hall–Kier alpha value is -3.32. The summed E-state index contributed by atoms with van der Waals surface area (Å²) in [6.07, 6.45) is 6.49. The van der Waals surface area contributed by atoms with Gasteiger partial charge in [-0.2, -0.15) is 0 Å². The smallest absolute Gasteiger partial charge is 0.255 e. The number of hydrogen-bond acceptors (Lipinski definition) is 6. The summed E-state index contributed by atoms with van der Waals surface area (Å²) in [7, 11) is 1.65. The van der Waals surface area contributed by atoms with Crippen LogP contribution < -0.4 is 15.8 Å². The van der Waals surface area contributed by atoms with Crippen LogP contribution in [-0.4, -0.2) is 27.9 Å². The largest absolute Gasteiger partial charge is 0.497 e. The third-order valence-electron chi connectivity index (χ3n) is 7.46. The summed E-state index contributed by atoms with van der Waals surface area (Å²) in [5.74, 6) is 1.87. The number of methoxy groups -OCH3 is 1. The number of nitrogen functional groups attached to an aromatic ring is 1. The molecule has 7 nitrogen and oxygen atoms in total. The Morgan fingerprint density at radius 3 is 2.54 bits per heavy atom. The summed E-state index contributed by atoms with van der Waals surface area (Å²) in [6.45, 7) is 4.37. The first-order valence-corrected chi connectivity index (χ1v) is 12.4. The fourth-order valence-corrected chi connectivity index (χ4v) is 5.94. The van der Waals surface area contributed by atoms with Crippen LogP contribution in [0.25, 0.3) is 0 Å². The number of ether oxygens (including phenoxy) is 1. The lowest BCUT2D eigenvalue weighted by molar-refractivity contribution is 0.0387. The van der Waals surface area contributed by atoms with Crippen LogP contribution in [0, 0.1) is 13.8 Å². The van der Waals surface area contributed by atoms with Crippen LogP contribution in [0.1, 0.15) is 64.7 Å². The van der Waals surface area contributed by atoms with E-state index in [1.807, 2.05) is 44.2 Å².